The number of amides is 2. The van der Waals surface area contributed by atoms with Gasteiger partial charge in [0.15, 0.2) is 0 Å². The third-order valence-corrected chi connectivity index (χ3v) is 6.56. The summed E-state index contributed by atoms with van der Waals surface area (Å²) >= 11 is 1.74. The average molecular weight is 379 g/mol. The summed E-state index contributed by atoms with van der Waals surface area (Å²) in [5, 5.41) is 7.47. The number of carbonyl (C=O) groups is 2. The molecule has 0 aromatic carbocycles. The van der Waals surface area contributed by atoms with E-state index in [-0.39, 0.29) is 23.7 Å². The summed E-state index contributed by atoms with van der Waals surface area (Å²) in [7, 11) is 0. The van der Waals surface area contributed by atoms with E-state index in [1.807, 2.05) is 11.8 Å². The molecule has 0 bridgehead atoms. The Morgan fingerprint density at radius 1 is 1.23 bits per heavy atom. The number of rotatable bonds is 6. The first-order valence-electron chi connectivity index (χ1n) is 9.74. The Morgan fingerprint density at radius 3 is 2.65 bits per heavy atom. The molecule has 0 aliphatic carbocycles. The highest BCUT2D eigenvalue weighted by Gasteiger charge is 2.33. The Hall–Kier alpha value is -1.47. The molecule has 3 heterocycles. The first-order chi connectivity index (χ1) is 12.5. The van der Waals surface area contributed by atoms with Crippen molar-refractivity contribution in [2.45, 2.75) is 46.0 Å². The van der Waals surface area contributed by atoms with Crippen LogP contribution in [0.5, 0.6) is 0 Å². The van der Waals surface area contributed by atoms with E-state index < -0.39 is 0 Å². The standard InChI is InChI=1S/C19H30N4O2S/c1-13-14(2)26-17(22-13)6-5-7-21-18(24)15-10-16(12-20-11-15)19(25)23-8-3-4-9-23/h15-16,20H,3-12H2,1-2H3,(H,21,24)/t15-,16+/m0/s1. The molecule has 0 spiro atoms. The lowest BCUT2D eigenvalue weighted by atomic mass is 9.89. The number of likely N-dealkylation sites (tertiary alicyclic amines) is 1. The Labute approximate surface area is 159 Å². The maximum atomic E-state index is 12.6. The lowest BCUT2D eigenvalue weighted by Crippen LogP contribution is -2.49. The van der Waals surface area contributed by atoms with Gasteiger partial charge in [-0.05, 0) is 39.5 Å². The number of thiazole rings is 1. The van der Waals surface area contributed by atoms with E-state index in [0.29, 0.717) is 26.1 Å². The van der Waals surface area contributed by atoms with Gasteiger partial charge in [0.25, 0.3) is 0 Å². The molecule has 0 saturated carbocycles. The molecule has 2 aliphatic rings. The first kappa shape index (κ1) is 19.3. The minimum atomic E-state index is -0.107. The number of nitrogens with zero attached hydrogens (tertiary/aromatic N) is 2. The summed E-state index contributed by atoms with van der Waals surface area (Å²) < 4.78 is 0. The first-order valence-corrected chi connectivity index (χ1v) is 10.6. The lowest BCUT2D eigenvalue weighted by Gasteiger charge is -2.31. The van der Waals surface area contributed by atoms with E-state index in [0.717, 1.165) is 49.5 Å². The second-order valence-corrected chi connectivity index (χ2v) is 8.75. The van der Waals surface area contributed by atoms with Crippen molar-refractivity contribution in [1.29, 1.82) is 0 Å². The van der Waals surface area contributed by atoms with Gasteiger partial charge >= 0.3 is 0 Å². The Balaban J connectivity index is 1.40. The maximum absolute atomic E-state index is 12.6. The van der Waals surface area contributed by atoms with Crippen LogP contribution in [0.4, 0.5) is 0 Å². The minimum Gasteiger partial charge on any atom is -0.356 e. The monoisotopic (exact) mass is 378 g/mol. The third-order valence-electron chi connectivity index (χ3n) is 5.43. The normalized spacial score (nSPS) is 23.2. The van der Waals surface area contributed by atoms with Crippen LogP contribution in [0.1, 0.15) is 41.3 Å². The fourth-order valence-corrected chi connectivity index (χ4v) is 4.74. The van der Waals surface area contributed by atoms with Crippen LogP contribution < -0.4 is 10.6 Å². The van der Waals surface area contributed by atoms with Gasteiger partial charge < -0.3 is 15.5 Å². The van der Waals surface area contributed by atoms with E-state index in [4.69, 9.17) is 0 Å². The second kappa shape index (κ2) is 8.95. The third kappa shape index (κ3) is 4.82. The van der Waals surface area contributed by atoms with Crippen LogP contribution in [-0.2, 0) is 16.0 Å². The number of carbonyl (C=O) groups excluding carboxylic acids is 2. The molecular formula is C19H30N4O2S. The molecule has 7 heteroatoms. The SMILES string of the molecule is Cc1nc(CCCNC(=O)[C@@H]2CNC[C@H](C(=O)N3CCCC3)C2)sc1C. The fourth-order valence-electron chi connectivity index (χ4n) is 3.77. The van der Waals surface area contributed by atoms with Crippen LogP contribution in [0.2, 0.25) is 0 Å². The Kier molecular flexibility index (Phi) is 6.64. The van der Waals surface area contributed by atoms with Gasteiger partial charge in [-0.25, -0.2) is 4.98 Å². The van der Waals surface area contributed by atoms with Crippen LogP contribution in [-0.4, -0.2) is 54.4 Å². The Bertz CT molecular complexity index is 620. The lowest BCUT2D eigenvalue weighted by molar-refractivity contribution is -0.136. The smallest absolute Gasteiger partial charge is 0.226 e. The van der Waals surface area contributed by atoms with Crippen molar-refractivity contribution in [3.05, 3.63) is 15.6 Å². The molecular weight excluding hydrogens is 348 g/mol. The minimum absolute atomic E-state index is 0.0566. The predicted molar refractivity (Wildman–Crippen MR) is 103 cm³/mol. The number of hydrogen-bond acceptors (Lipinski definition) is 5. The Morgan fingerprint density at radius 2 is 1.96 bits per heavy atom. The van der Waals surface area contributed by atoms with Crippen LogP contribution in [0.3, 0.4) is 0 Å². The van der Waals surface area contributed by atoms with Gasteiger partial charge in [0.05, 0.1) is 22.5 Å². The molecule has 2 N–H and O–H groups in total. The van der Waals surface area contributed by atoms with Gasteiger partial charge in [-0.15, -0.1) is 11.3 Å². The zero-order valence-corrected chi connectivity index (χ0v) is 16.7. The van der Waals surface area contributed by atoms with E-state index in [9.17, 15) is 9.59 Å². The number of nitrogens with one attached hydrogen (secondary N) is 2. The topological polar surface area (TPSA) is 74.3 Å². The number of hydrogen-bond donors (Lipinski definition) is 2. The molecule has 6 nitrogen and oxygen atoms in total. The largest absolute Gasteiger partial charge is 0.356 e. The second-order valence-electron chi connectivity index (χ2n) is 7.46. The molecule has 2 fully saturated rings. The van der Waals surface area contributed by atoms with Crippen molar-refractivity contribution in [3.63, 3.8) is 0 Å². The molecule has 2 amide bonds. The van der Waals surface area contributed by atoms with Crippen molar-refractivity contribution >= 4 is 23.2 Å². The van der Waals surface area contributed by atoms with E-state index in [2.05, 4.69) is 22.5 Å². The van der Waals surface area contributed by atoms with Crippen LogP contribution in [0.25, 0.3) is 0 Å². The number of piperidine rings is 1. The highest BCUT2D eigenvalue weighted by atomic mass is 32.1. The summed E-state index contributed by atoms with van der Waals surface area (Å²) in [5.74, 6) is 0.133. The van der Waals surface area contributed by atoms with Crippen LogP contribution >= 0.6 is 11.3 Å². The van der Waals surface area contributed by atoms with Gasteiger partial charge in [-0.3, -0.25) is 9.59 Å². The molecule has 0 radical (unpaired) electrons. The summed E-state index contributed by atoms with van der Waals surface area (Å²) in [6.45, 7) is 7.91. The molecule has 3 rings (SSSR count). The molecule has 1 aromatic heterocycles. The molecule has 2 aliphatic heterocycles. The van der Waals surface area contributed by atoms with Crippen molar-refractivity contribution in [1.82, 2.24) is 20.5 Å². The highest BCUT2D eigenvalue weighted by molar-refractivity contribution is 7.11. The molecule has 2 saturated heterocycles. The quantitative estimate of drug-likeness (QED) is 0.739. The van der Waals surface area contributed by atoms with Crippen molar-refractivity contribution in [3.8, 4) is 0 Å². The molecule has 26 heavy (non-hydrogen) atoms. The van der Waals surface area contributed by atoms with Gasteiger partial charge in [0.2, 0.25) is 11.8 Å². The fraction of sp³-hybridized carbons (Fsp3) is 0.737. The van der Waals surface area contributed by atoms with Crippen molar-refractivity contribution < 1.29 is 9.59 Å². The predicted octanol–water partition coefficient (Wildman–Crippen LogP) is 1.66. The summed E-state index contributed by atoms with van der Waals surface area (Å²) in [5.41, 5.74) is 1.11. The van der Waals surface area contributed by atoms with Gasteiger partial charge in [0, 0.05) is 44.0 Å². The summed E-state index contributed by atoms with van der Waals surface area (Å²) in [6.07, 6.45) is 4.67. The maximum Gasteiger partial charge on any atom is 0.226 e. The average Bonchev–Trinajstić information content (AvgIpc) is 3.28. The van der Waals surface area contributed by atoms with Crippen LogP contribution in [0.15, 0.2) is 0 Å². The zero-order valence-electron chi connectivity index (χ0n) is 15.8. The van der Waals surface area contributed by atoms with Crippen LogP contribution in [0, 0.1) is 25.7 Å². The van der Waals surface area contributed by atoms with Gasteiger partial charge in [-0.1, -0.05) is 0 Å². The molecule has 1 aromatic rings. The van der Waals surface area contributed by atoms with Gasteiger partial charge in [-0.2, -0.15) is 0 Å². The summed E-state index contributed by atoms with van der Waals surface area (Å²) in [6, 6.07) is 0. The van der Waals surface area contributed by atoms with E-state index >= 15 is 0 Å². The molecule has 144 valence electrons. The zero-order chi connectivity index (χ0) is 18.5. The van der Waals surface area contributed by atoms with Crippen molar-refractivity contribution in [2.24, 2.45) is 11.8 Å². The number of aryl methyl sites for hydroxylation is 3. The molecule has 2 atom stereocenters. The molecule has 0 unspecified atom stereocenters. The number of aromatic nitrogens is 1. The highest BCUT2D eigenvalue weighted by Crippen LogP contribution is 2.21. The van der Waals surface area contributed by atoms with Crippen molar-refractivity contribution in [2.75, 3.05) is 32.7 Å². The van der Waals surface area contributed by atoms with Gasteiger partial charge in [0.1, 0.15) is 0 Å². The summed E-state index contributed by atoms with van der Waals surface area (Å²) in [4.78, 5) is 32.8. The van der Waals surface area contributed by atoms with E-state index in [1.54, 1.807) is 11.3 Å². The van der Waals surface area contributed by atoms with E-state index in [1.165, 1.54) is 4.88 Å².